The molecule has 0 saturated heterocycles. The van der Waals surface area contributed by atoms with Crippen molar-refractivity contribution in [2.75, 3.05) is 5.75 Å². The SMILES string of the molecule is CCCSCc1ncc2c(n1)CCCC2N. The highest BCUT2D eigenvalue weighted by Gasteiger charge is 2.18. The Balaban J connectivity index is 2.06. The Morgan fingerprint density at radius 1 is 1.56 bits per heavy atom. The Labute approximate surface area is 101 Å². The van der Waals surface area contributed by atoms with Gasteiger partial charge in [0.2, 0.25) is 0 Å². The number of hydrogen-bond acceptors (Lipinski definition) is 4. The Bertz CT molecular complexity index is 354. The second-order valence-corrected chi connectivity index (χ2v) is 5.34. The molecule has 0 fully saturated rings. The molecule has 0 spiro atoms. The highest BCUT2D eigenvalue weighted by atomic mass is 32.2. The molecule has 2 N–H and O–H groups in total. The van der Waals surface area contributed by atoms with Gasteiger partial charge >= 0.3 is 0 Å². The molecule has 4 heteroatoms. The summed E-state index contributed by atoms with van der Waals surface area (Å²) in [5.74, 6) is 3.07. The molecule has 0 aliphatic heterocycles. The summed E-state index contributed by atoms with van der Waals surface area (Å²) in [7, 11) is 0. The lowest BCUT2D eigenvalue weighted by atomic mass is 9.93. The fraction of sp³-hybridized carbons (Fsp3) is 0.667. The fourth-order valence-corrected chi connectivity index (χ4v) is 2.75. The molecule has 0 bridgehead atoms. The minimum atomic E-state index is 0.154. The maximum Gasteiger partial charge on any atom is 0.138 e. The maximum atomic E-state index is 6.03. The van der Waals surface area contributed by atoms with Gasteiger partial charge in [-0.05, 0) is 31.4 Å². The van der Waals surface area contributed by atoms with E-state index in [2.05, 4.69) is 16.9 Å². The Morgan fingerprint density at radius 3 is 3.25 bits per heavy atom. The molecule has 1 aliphatic rings. The van der Waals surface area contributed by atoms with Gasteiger partial charge in [-0.25, -0.2) is 9.97 Å². The van der Waals surface area contributed by atoms with Crippen LogP contribution in [0, 0.1) is 0 Å². The zero-order chi connectivity index (χ0) is 11.4. The van der Waals surface area contributed by atoms with Gasteiger partial charge in [0.05, 0.1) is 5.75 Å². The van der Waals surface area contributed by atoms with E-state index in [1.165, 1.54) is 17.9 Å². The average Bonchev–Trinajstić information content (AvgIpc) is 2.30. The molecule has 0 aromatic carbocycles. The highest BCUT2D eigenvalue weighted by Crippen LogP contribution is 2.26. The first-order chi connectivity index (χ1) is 7.81. The molecule has 16 heavy (non-hydrogen) atoms. The average molecular weight is 237 g/mol. The molecule has 3 nitrogen and oxygen atoms in total. The van der Waals surface area contributed by atoms with Crippen molar-refractivity contribution in [3.05, 3.63) is 23.3 Å². The van der Waals surface area contributed by atoms with Crippen molar-refractivity contribution >= 4 is 11.8 Å². The molecule has 1 atom stereocenters. The number of aryl methyl sites for hydroxylation is 1. The van der Waals surface area contributed by atoms with Crippen molar-refractivity contribution < 1.29 is 0 Å². The lowest BCUT2D eigenvalue weighted by molar-refractivity contribution is 0.554. The summed E-state index contributed by atoms with van der Waals surface area (Å²) in [6.07, 6.45) is 6.44. The van der Waals surface area contributed by atoms with Crippen molar-refractivity contribution in [3.63, 3.8) is 0 Å². The lowest BCUT2D eigenvalue weighted by Gasteiger charge is -2.20. The van der Waals surface area contributed by atoms with Crippen LogP contribution in [-0.4, -0.2) is 15.7 Å². The summed E-state index contributed by atoms with van der Waals surface area (Å²) < 4.78 is 0. The Kier molecular flexibility index (Phi) is 4.18. The number of nitrogens with zero attached hydrogens (tertiary/aromatic N) is 2. The highest BCUT2D eigenvalue weighted by molar-refractivity contribution is 7.98. The van der Waals surface area contributed by atoms with Crippen LogP contribution in [0.2, 0.25) is 0 Å². The van der Waals surface area contributed by atoms with Gasteiger partial charge in [0.25, 0.3) is 0 Å². The summed E-state index contributed by atoms with van der Waals surface area (Å²) in [5, 5.41) is 0. The number of rotatable bonds is 4. The summed E-state index contributed by atoms with van der Waals surface area (Å²) in [4.78, 5) is 9.03. The molecule has 0 saturated carbocycles. The standard InChI is InChI=1S/C12H19N3S/c1-2-6-16-8-12-14-7-9-10(13)4-3-5-11(9)15-12/h7,10H,2-6,8,13H2,1H3. The maximum absolute atomic E-state index is 6.03. The van der Waals surface area contributed by atoms with Crippen LogP contribution in [0.5, 0.6) is 0 Å². The minimum Gasteiger partial charge on any atom is -0.324 e. The number of hydrogen-bond donors (Lipinski definition) is 1. The van der Waals surface area contributed by atoms with E-state index >= 15 is 0 Å². The van der Waals surface area contributed by atoms with Gasteiger partial charge in [0.1, 0.15) is 5.82 Å². The van der Waals surface area contributed by atoms with E-state index in [0.29, 0.717) is 0 Å². The second kappa shape index (κ2) is 5.64. The molecular weight excluding hydrogens is 218 g/mol. The molecule has 1 unspecified atom stereocenters. The normalized spacial score (nSPS) is 19.5. The van der Waals surface area contributed by atoms with Gasteiger partial charge < -0.3 is 5.73 Å². The summed E-state index contributed by atoms with van der Waals surface area (Å²) in [5.41, 5.74) is 8.38. The Morgan fingerprint density at radius 2 is 2.44 bits per heavy atom. The smallest absolute Gasteiger partial charge is 0.138 e. The number of aromatic nitrogens is 2. The van der Waals surface area contributed by atoms with Gasteiger partial charge in [0, 0.05) is 23.5 Å². The summed E-state index contributed by atoms with van der Waals surface area (Å²) in [6.45, 7) is 2.19. The van der Waals surface area contributed by atoms with Crippen LogP contribution in [-0.2, 0) is 12.2 Å². The largest absolute Gasteiger partial charge is 0.324 e. The molecular formula is C12H19N3S. The summed E-state index contributed by atoms with van der Waals surface area (Å²) in [6, 6.07) is 0.154. The van der Waals surface area contributed by atoms with Crippen LogP contribution < -0.4 is 5.73 Å². The van der Waals surface area contributed by atoms with E-state index in [1.54, 1.807) is 0 Å². The number of fused-ring (bicyclic) bond motifs is 1. The third-order valence-corrected chi connectivity index (χ3v) is 4.02. The molecule has 1 aliphatic carbocycles. The fourth-order valence-electron chi connectivity index (χ4n) is 2.00. The zero-order valence-electron chi connectivity index (χ0n) is 9.78. The molecule has 88 valence electrons. The minimum absolute atomic E-state index is 0.154. The van der Waals surface area contributed by atoms with Crippen LogP contribution in [0.25, 0.3) is 0 Å². The molecule has 0 amide bonds. The molecule has 2 rings (SSSR count). The van der Waals surface area contributed by atoms with Crippen LogP contribution in [0.4, 0.5) is 0 Å². The van der Waals surface area contributed by atoms with E-state index in [0.717, 1.165) is 36.4 Å². The summed E-state index contributed by atoms with van der Waals surface area (Å²) >= 11 is 1.90. The monoisotopic (exact) mass is 237 g/mol. The molecule has 1 aromatic heterocycles. The predicted molar refractivity (Wildman–Crippen MR) is 68.4 cm³/mol. The van der Waals surface area contributed by atoms with E-state index in [9.17, 15) is 0 Å². The van der Waals surface area contributed by atoms with Gasteiger partial charge in [0.15, 0.2) is 0 Å². The van der Waals surface area contributed by atoms with E-state index < -0.39 is 0 Å². The first kappa shape index (κ1) is 11.9. The van der Waals surface area contributed by atoms with Crippen molar-refractivity contribution in [3.8, 4) is 0 Å². The first-order valence-corrected chi connectivity index (χ1v) is 7.14. The van der Waals surface area contributed by atoms with E-state index in [1.807, 2.05) is 18.0 Å². The topological polar surface area (TPSA) is 51.8 Å². The van der Waals surface area contributed by atoms with Crippen LogP contribution >= 0.6 is 11.8 Å². The van der Waals surface area contributed by atoms with Crippen molar-refractivity contribution in [2.24, 2.45) is 5.73 Å². The predicted octanol–water partition coefficient (Wildman–Crippen LogP) is 2.46. The quantitative estimate of drug-likeness (QED) is 0.817. The van der Waals surface area contributed by atoms with Gasteiger partial charge in [-0.15, -0.1) is 0 Å². The lowest BCUT2D eigenvalue weighted by Crippen LogP contribution is -2.19. The van der Waals surface area contributed by atoms with E-state index in [4.69, 9.17) is 5.73 Å². The van der Waals surface area contributed by atoms with Gasteiger partial charge in [-0.2, -0.15) is 11.8 Å². The van der Waals surface area contributed by atoms with Crippen LogP contribution in [0.3, 0.4) is 0 Å². The first-order valence-electron chi connectivity index (χ1n) is 5.99. The van der Waals surface area contributed by atoms with Crippen LogP contribution in [0.1, 0.15) is 49.3 Å². The zero-order valence-corrected chi connectivity index (χ0v) is 10.6. The van der Waals surface area contributed by atoms with Gasteiger partial charge in [-0.1, -0.05) is 6.92 Å². The molecule has 1 heterocycles. The van der Waals surface area contributed by atoms with Crippen molar-refractivity contribution in [1.82, 2.24) is 9.97 Å². The van der Waals surface area contributed by atoms with Crippen molar-refractivity contribution in [2.45, 2.75) is 44.4 Å². The van der Waals surface area contributed by atoms with Gasteiger partial charge in [-0.3, -0.25) is 0 Å². The third-order valence-electron chi connectivity index (χ3n) is 2.86. The third kappa shape index (κ3) is 2.74. The van der Waals surface area contributed by atoms with Crippen LogP contribution in [0.15, 0.2) is 6.20 Å². The molecule has 1 aromatic rings. The second-order valence-electron chi connectivity index (χ2n) is 4.24. The number of thioether (sulfide) groups is 1. The Hall–Kier alpha value is -0.610. The molecule has 0 radical (unpaired) electrons. The van der Waals surface area contributed by atoms with Crippen molar-refractivity contribution in [1.29, 1.82) is 0 Å². The van der Waals surface area contributed by atoms with E-state index in [-0.39, 0.29) is 6.04 Å². The number of nitrogens with two attached hydrogens (primary N) is 1.